The number of anilines is 1. The minimum absolute atomic E-state index is 0.216. The minimum Gasteiger partial charge on any atom is -0.490 e. The average Bonchev–Trinajstić information content (AvgIpc) is 3.03. The van der Waals surface area contributed by atoms with E-state index in [9.17, 15) is 14.4 Å². The third-order valence-electron chi connectivity index (χ3n) is 4.73. The first-order valence-electron chi connectivity index (χ1n) is 10.6. The van der Waals surface area contributed by atoms with Gasteiger partial charge in [-0.3, -0.25) is 19.3 Å². The maximum Gasteiger partial charge on any atom is 0.294 e. The van der Waals surface area contributed by atoms with Crippen molar-refractivity contribution >= 4 is 68.1 Å². The SMILES string of the molecule is CCCOc1c(Br)cc(/C=C2\SC(=O)N(CC(=O)Nc3cc(Cl)ccc3C)C2=O)cc1OCC. The number of imide groups is 1. The number of hydrogen-bond donors (Lipinski definition) is 1. The van der Waals surface area contributed by atoms with Gasteiger partial charge in [0.05, 0.1) is 22.6 Å². The van der Waals surface area contributed by atoms with E-state index < -0.39 is 23.6 Å². The average molecular weight is 568 g/mol. The highest BCUT2D eigenvalue weighted by atomic mass is 79.9. The molecule has 0 atom stereocenters. The normalized spacial score (nSPS) is 14.6. The molecule has 180 valence electrons. The lowest BCUT2D eigenvalue weighted by Gasteiger charge is -2.14. The van der Waals surface area contributed by atoms with Gasteiger partial charge in [-0.1, -0.05) is 24.6 Å². The molecule has 1 aliphatic heterocycles. The number of carbonyl (C=O) groups is 3. The zero-order valence-corrected chi connectivity index (χ0v) is 22.1. The Balaban J connectivity index is 1.77. The number of halogens is 2. The maximum atomic E-state index is 12.9. The van der Waals surface area contributed by atoms with E-state index in [-0.39, 0.29) is 4.91 Å². The van der Waals surface area contributed by atoms with Crippen molar-refractivity contribution in [1.82, 2.24) is 4.90 Å². The molecule has 0 bridgehead atoms. The molecule has 1 heterocycles. The first-order chi connectivity index (χ1) is 16.2. The fourth-order valence-electron chi connectivity index (χ4n) is 3.13. The van der Waals surface area contributed by atoms with Gasteiger partial charge in [0.2, 0.25) is 5.91 Å². The predicted molar refractivity (Wildman–Crippen MR) is 139 cm³/mol. The second-order valence-electron chi connectivity index (χ2n) is 7.39. The first kappa shape index (κ1) is 26.1. The van der Waals surface area contributed by atoms with Gasteiger partial charge in [-0.2, -0.15) is 0 Å². The minimum atomic E-state index is -0.534. The van der Waals surface area contributed by atoms with Crippen molar-refractivity contribution in [3.63, 3.8) is 0 Å². The topological polar surface area (TPSA) is 84.9 Å². The lowest BCUT2D eigenvalue weighted by molar-refractivity contribution is -0.127. The van der Waals surface area contributed by atoms with Crippen LogP contribution in [0.5, 0.6) is 11.5 Å². The molecule has 0 radical (unpaired) electrons. The Morgan fingerprint density at radius 2 is 1.97 bits per heavy atom. The number of amides is 3. The van der Waals surface area contributed by atoms with E-state index in [1.54, 1.807) is 36.4 Å². The summed E-state index contributed by atoms with van der Waals surface area (Å²) in [6.45, 7) is 6.28. The largest absolute Gasteiger partial charge is 0.490 e. The third kappa shape index (κ3) is 6.34. The van der Waals surface area contributed by atoms with E-state index in [0.717, 1.165) is 28.6 Å². The highest BCUT2D eigenvalue weighted by molar-refractivity contribution is 9.10. The summed E-state index contributed by atoms with van der Waals surface area (Å²) < 4.78 is 12.2. The molecule has 0 unspecified atom stereocenters. The summed E-state index contributed by atoms with van der Waals surface area (Å²) in [5.74, 6) is 0.0927. The summed E-state index contributed by atoms with van der Waals surface area (Å²) >= 11 is 10.3. The number of hydrogen-bond acceptors (Lipinski definition) is 6. The van der Waals surface area contributed by atoms with Crippen molar-refractivity contribution in [2.75, 3.05) is 25.1 Å². The van der Waals surface area contributed by atoms with Gasteiger partial charge >= 0.3 is 0 Å². The van der Waals surface area contributed by atoms with Crippen molar-refractivity contribution in [3.05, 3.63) is 55.9 Å². The highest BCUT2D eigenvalue weighted by Crippen LogP contribution is 2.39. The fourth-order valence-corrected chi connectivity index (χ4v) is 4.71. The van der Waals surface area contributed by atoms with Crippen molar-refractivity contribution in [3.8, 4) is 11.5 Å². The van der Waals surface area contributed by atoms with E-state index in [1.165, 1.54) is 0 Å². The molecule has 0 aromatic heterocycles. The molecule has 1 saturated heterocycles. The van der Waals surface area contributed by atoms with Gasteiger partial charge < -0.3 is 14.8 Å². The number of benzene rings is 2. The number of rotatable bonds is 9. The summed E-state index contributed by atoms with van der Waals surface area (Å²) in [6.07, 6.45) is 2.44. The monoisotopic (exact) mass is 566 g/mol. The first-order valence-corrected chi connectivity index (χ1v) is 12.6. The predicted octanol–water partition coefficient (Wildman–Crippen LogP) is 6.27. The van der Waals surface area contributed by atoms with Crippen LogP contribution < -0.4 is 14.8 Å². The highest BCUT2D eigenvalue weighted by Gasteiger charge is 2.36. The molecule has 1 N–H and O–H groups in total. The molecule has 0 spiro atoms. The Kier molecular flexibility index (Phi) is 9.04. The van der Waals surface area contributed by atoms with Gasteiger partial charge in [0.1, 0.15) is 6.54 Å². The van der Waals surface area contributed by atoms with Crippen molar-refractivity contribution in [2.24, 2.45) is 0 Å². The molecule has 2 aromatic rings. The molecule has 3 amide bonds. The number of thioether (sulfide) groups is 1. The maximum absolute atomic E-state index is 12.9. The summed E-state index contributed by atoms with van der Waals surface area (Å²) in [6, 6.07) is 8.64. The number of ether oxygens (including phenoxy) is 2. The Labute approximate surface area is 215 Å². The van der Waals surface area contributed by atoms with Crippen LogP contribution in [0.3, 0.4) is 0 Å². The summed E-state index contributed by atoms with van der Waals surface area (Å²) in [5.41, 5.74) is 2.00. The third-order valence-corrected chi connectivity index (χ3v) is 6.46. The molecule has 0 saturated carbocycles. The molecular formula is C24H24BrClN2O5S. The van der Waals surface area contributed by atoms with Gasteiger partial charge in [-0.25, -0.2) is 0 Å². The van der Waals surface area contributed by atoms with Crippen LogP contribution in [-0.4, -0.2) is 41.7 Å². The standard InChI is InChI=1S/C24H24BrClN2O5S/c1-4-8-33-22-17(25)9-15(10-19(22)32-5-2)11-20-23(30)28(24(31)34-20)13-21(29)27-18-12-16(26)7-6-14(18)3/h6-7,9-12H,4-5,8,13H2,1-3H3,(H,27,29)/b20-11-. The fraction of sp³-hybridized carbons (Fsp3) is 0.292. The number of nitrogens with zero attached hydrogens (tertiary/aromatic N) is 1. The van der Waals surface area contributed by atoms with Gasteiger partial charge in [0.15, 0.2) is 11.5 Å². The molecule has 7 nitrogen and oxygen atoms in total. The number of carbonyl (C=O) groups excluding carboxylic acids is 3. The molecule has 1 fully saturated rings. The van der Waals surface area contributed by atoms with Crippen molar-refractivity contribution in [2.45, 2.75) is 27.2 Å². The van der Waals surface area contributed by atoms with E-state index >= 15 is 0 Å². The molecule has 2 aromatic carbocycles. The van der Waals surface area contributed by atoms with Gasteiger partial charge in [0.25, 0.3) is 11.1 Å². The number of aryl methyl sites for hydroxylation is 1. The van der Waals surface area contributed by atoms with Gasteiger partial charge in [-0.15, -0.1) is 0 Å². The second kappa shape index (κ2) is 11.8. The van der Waals surface area contributed by atoms with E-state index in [2.05, 4.69) is 21.2 Å². The van der Waals surface area contributed by atoms with Crippen LogP contribution in [0.4, 0.5) is 10.5 Å². The summed E-state index contributed by atoms with van der Waals surface area (Å²) in [4.78, 5) is 39.0. The quantitative estimate of drug-likeness (QED) is 0.359. The molecule has 0 aliphatic carbocycles. The van der Waals surface area contributed by atoms with Crippen LogP contribution in [0.25, 0.3) is 6.08 Å². The molecule has 10 heteroatoms. The van der Waals surface area contributed by atoms with Gasteiger partial charge in [-0.05, 0) is 89.4 Å². The van der Waals surface area contributed by atoms with Crippen LogP contribution in [0.15, 0.2) is 39.7 Å². The Morgan fingerprint density at radius 1 is 1.21 bits per heavy atom. The summed E-state index contributed by atoms with van der Waals surface area (Å²) in [7, 11) is 0. The zero-order chi connectivity index (χ0) is 24.8. The zero-order valence-electron chi connectivity index (χ0n) is 18.9. The molecule has 34 heavy (non-hydrogen) atoms. The Hall–Kier alpha value is -2.49. The smallest absolute Gasteiger partial charge is 0.294 e. The molecule has 1 aliphatic rings. The van der Waals surface area contributed by atoms with Crippen LogP contribution in [0.1, 0.15) is 31.4 Å². The van der Waals surface area contributed by atoms with E-state index in [1.807, 2.05) is 20.8 Å². The van der Waals surface area contributed by atoms with Crippen LogP contribution >= 0.6 is 39.3 Å². The van der Waals surface area contributed by atoms with Gasteiger partial charge in [0, 0.05) is 10.7 Å². The van der Waals surface area contributed by atoms with Crippen LogP contribution in [0.2, 0.25) is 5.02 Å². The Bertz CT molecular complexity index is 1150. The lowest BCUT2D eigenvalue weighted by atomic mass is 10.1. The molecule has 3 rings (SSSR count). The Morgan fingerprint density at radius 3 is 2.68 bits per heavy atom. The molecular weight excluding hydrogens is 544 g/mol. The second-order valence-corrected chi connectivity index (χ2v) is 9.67. The summed E-state index contributed by atoms with van der Waals surface area (Å²) in [5, 5.41) is 2.66. The van der Waals surface area contributed by atoms with Crippen molar-refractivity contribution < 1.29 is 23.9 Å². The van der Waals surface area contributed by atoms with E-state index in [4.69, 9.17) is 21.1 Å². The van der Waals surface area contributed by atoms with Crippen LogP contribution in [-0.2, 0) is 9.59 Å². The van der Waals surface area contributed by atoms with Crippen LogP contribution in [0, 0.1) is 6.92 Å². The van der Waals surface area contributed by atoms with E-state index in [0.29, 0.717) is 45.5 Å². The van der Waals surface area contributed by atoms with Crippen molar-refractivity contribution in [1.29, 1.82) is 0 Å². The number of nitrogens with one attached hydrogen (secondary N) is 1. The lowest BCUT2D eigenvalue weighted by Crippen LogP contribution is -2.36.